The smallest absolute Gasteiger partial charge is 0.306 e. The number of carbonyl (C=O) groups is 2. The molecule has 0 aliphatic rings. The van der Waals surface area contributed by atoms with Crippen LogP contribution < -0.4 is 5.32 Å². The minimum atomic E-state index is -0.381. The molecule has 2 amide bonds. The molecule has 0 spiro atoms. The Labute approximate surface area is 129 Å². The topological polar surface area (TPSA) is 58.6 Å². The molecule has 0 saturated carbocycles. The molecule has 0 saturated heterocycles. The second kappa shape index (κ2) is 7.38. The molecule has 0 fully saturated rings. The molecule has 0 heterocycles. The number of rotatable bonds is 5. The summed E-state index contributed by atoms with van der Waals surface area (Å²) in [6.45, 7) is 0. The number of carbonyl (C=O) groups excluding carboxylic acids is 2. The van der Waals surface area contributed by atoms with Crippen LogP contribution in [0, 0.1) is 0 Å². The van der Waals surface area contributed by atoms with Crippen molar-refractivity contribution in [3.05, 3.63) is 65.7 Å². The molecule has 0 atom stereocenters. The predicted octanol–water partition coefficient (Wildman–Crippen LogP) is 3.14. The lowest BCUT2D eigenvalue weighted by Gasteiger charge is -2.15. The number of hydrogen-bond acceptors (Lipinski definition) is 3. The summed E-state index contributed by atoms with van der Waals surface area (Å²) in [4.78, 5) is 28.7. The van der Waals surface area contributed by atoms with E-state index in [1.54, 1.807) is 30.3 Å². The number of amides is 2. The Balaban J connectivity index is 2.06. The molecular formula is C17H18N2O3. The minimum Gasteiger partial charge on any atom is -0.306 e. The molecule has 0 aromatic heterocycles. The molecule has 0 radical (unpaired) electrons. The molecule has 1 N–H and O–H groups in total. The van der Waals surface area contributed by atoms with Crippen LogP contribution in [-0.2, 0) is 11.3 Å². The molecule has 0 aliphatic heterocycles. The van der Waals surface area contributed by atoms with Crippen molar-refractivity contribution in [2.24, 2.45) is 0 Å². The molecule has 0 bridgehead atoms. The fourth-order valence-electron chi connectivity index (χ4n) is 1.96. The highest BCUT2D eigenvalue weighted by Crippen LogP contribution is 2.14. The van der Waals surface area contributed by atoms with E-state index in [-0.39, 0.29) is 18.2 Å². The highest BCUT2D eigenvalue weighted by atomic mass is 16.7. The standard InChI is InChI=1S/C17H18N2O3/c1-19(22-2)17(21)18-15-10-6-7-13(11-15)12-16(20)14-8-4-3-5-9-14/h3-11H,12H2,1-2H3,(H,18,21). The summed E-state index contributed by atoms with van der Waals surface area (Å²) in [7, 11) is 2.92. The van der Waals surface area contributed by atoms with Crippen molar-refractivity contribution in [2.45, 2.75) is 6.42 Å². The van der Waals surface area contributed by atoms with Gasteiger partial charge in [0.15, 0.2) is 5.78 Å². The number of benzene rings is 2. The summed E-state index contributed by atoms with van der Waals surface area (Å²) in [6.07, 6.45) is 0.286. The van der Waals surface area contributed by atoms with Gasteiger partial charge < -0.3 is 5.32 Å². The van der Waals surface area contributed by atoms with Crippen molar-refractivity contribution in [3.8, 4) is 0 Å². The number of nitrogens with one attached hydrogen (secondary N) is 1. The third kappa shape index (κ3) is 4.17. The fraction of sp³-hybridized carbons (Fsp3) is 0.176. The summed E-state index contributed by atoms with van der Waals surface area (Å²) >= 11 is 0. The molecule has 2 aromatic rings. The summed E-state index contributed by atoms with van der Waals surface area (Å²) in [5.74, 6) is 0.0399. The van der Waals surface area contributed by atoms with E-state index in [1.807, 2.05) is 24.3 Å². The van der Waals surface area contributed by atoms with Gasteiger partial charge in [0, 0.05) is 24.7 Å². The van der Waals surface area contributed by atoms with E-state index in [9.17, 15) is 9.59 Å². The van der Waals surface area contributed by atoms with Gasteiger partial charge in [-0.1, -0.05) is 42.5 Å². The van der Waals surface area contributed by atoms with Gasteiger partial charge in [-0.25, -0.2) is 9.86 Å². The maximum Gasteiger partial charge on any atom is 0.345 e. The lowest BCUT2D eigenvalue weighted by Crippen LogP contribution is -2.30. The van der Waals surface area contributed by atoms with E-state index in [2.05, 4.69) is 5.32 Å². The molecule has 0 aliphatic carbocycles. The third-order valence-corrected chi connectivity index (χ3v) is 3.20. The lowest BCUT2D eigenvalue weighted by atomic mass is 10.0. The van der Waals surface area contributed by atoms with Gasteiger partial charge in [0.05, 0.1) is 7.11 Å². The van der Waals surface area contributed by atoms with Crippen LogP contribution in [0.15, 0.2) is 54.6 Å². The zero-order valence-corrected chi connectivity index (χ0v) is 12.6. The number of hydrogen-bond donors (Lipinski definition) is 1. The van der Waals surface area contributed by atoms with Crippen molar-refractivity contribution in [2.75, 3.05) is 19.5 Å². The maximum atomic E-state index is 12.2. The van der Waals surface area contributed by atoms with Crippen molar-refractivity contribution in [1.82, 2.24) is 5.06 Å². The van der Waals surface area contributed by atoms with Gasteiger partial charge in [0.25, 0.3) is 0 Å². The maximum absolute atomic E-state index is 12.2. The SMILES string of the molecule is CON(C)C(=O)Nc1cccc(CC(=O)c2ccccc2)c1. The van der Waals surface area contributed by atoms with E-state index in [4.69, 9.17) is 4.84 Å². The van der Waals surface area contributed by atoms with Crippen LogP contribution in [0.25, 0.3) is 0 Å². The van der Waals surface area contributed by atoms with Crippen molar-refractivity contribution < 1.29 is 14.4 Å². The average molecular weight is 298 g/mol. The van der Waals surface area contributed by atoms with Crippen molar-refractivity contribution >= 4 is 17.5 Å². The largest absolute Gasteiger partial charge is 0.345 e. The Morgan fingerprint density at radius 1 is 1.09 bits per heavy atom. The number of nitrogens with zero attached hydrogens (tertiary/aromatic N) is 1. The highest BCUT2D eigenvalue weighted by molar-refractivity contribution is 5.97. The number of urea groups is 1. The first kappa shape index (κ1) is 15.7. The van der Waals surface area contributed by atoms with Gasteiger partial charge in [0.2, 0.25) is 0 Å². The van der Waals surface area contributed by atoms with E-state index < -0.39 is 0 Å². The van der Waals surface area contributed by atoms with Gasteiger partial charge >= 0.3 is 6.03 Å². The summed E-state index contributed by atoms with van der Waals surface area (Å²) in [5.41, 5.74) is 2.13. The van der Waals surface area contributed by atoms with Crippen LogP contribution in [0.2, 0.25) is 0 Å². The Kier molecular flexibility index (Phi) is 5.27. The Hall–Kier alpha value is -2.66. The van der Waals surface area contributed by atoms with Gasteiger partial charge in [0.1, 0.15) is 0 Å². The van der Waals surface area contributed by atoms with Gasteiger partial charge in [-0.2, -0.15) is 0 Å². The molecule has 2 rings (SSSR count). The minimum absolute atomic E-state index is 0.0399. The highest BCUT2D eigenvalue weighted by Gasteiger charge is 2.10. The number of hydroxylamine groups is 2. The molecule has 5 heteroatoms. The Morgan fingerprint density at radius 3 is 2.50 bits per heavy atom. The van der Waals surface area contributed by atoms with Crippen molar-refractivity contribution in [1.29, 1.82) is 0 Å². The Bertz CT molecular complexity index is 656. The van der Waals surface area contributed by atoms with E-state index >= 15 is 0 Å². The first-order valence-corrected chi connectivity index (χ1v) is 6.86. The first-order chi connectivity index (χ1) is 10.6. The average Bonchev–Trinajstić information content (AvgIpc) is 2.55. The zero-order chi connectivity index (χ0) is 15.9. The molecule has 22 heavy (non-hydrogen) atoms. The molecular weight excluding hydrogens is 280 g/mol. The number of Topliss-reactive ketones (excluding diaryl/α,β-unsaturated/α-hetero) is 1. The Morgan fingerprint density at radius 2 is 1.82 bits per heavy atom. The fourth-order valence-corrected chi connectivity index (χ4v) is 1.96. The monoisotopic (exact) mass is 298 g/mol. The molecule has 2 aromatic carbocycles. The molecule has 0 unspecified atom stereocenters. The number of ketones is 1. The summed E-state index contributed by atoms with van der Waals surface area (Å²) in [5, 5.41) is 3.78. The van der Waals surface area contributed by atoms with Crippen LogP contribution in [0.1, 0.15) is 15.9 Å². The van der Waals surface area contributed by atoms with Crippen molar-refractivity contribution in [3.63, 3.8) is 0 Å². The third-order valence-electron chi connectivity index (χ3n) is 3.20. The van der Waals surface area contributed by atoms with Crippen LogP contribution in [0.4, 0.5) is 10.5 Å². The lowest BCUT2D eigenvalue weighted by molar-refractivity contribution is -0.0598. The van der Waals surface area contributed by atoms with E-state index in [0.717, 1.165) is 10.6 Å². The molecule has 114 valence electrons. The number of anilines is 1. The zero-order valence-electron chi connectivity index (χ0n) is 12.6. The van der Waals surface area contributed by atoms with Gasteiger partial charge in [-0.05, 0) is 17.7 Å². The predicted molar refractivity (Wildman–Crippen MR) is 84.7 cm³/mol. The quantitative estimate of drug-likeness (QED) is 0.681. The van der Waals surface area contributed by atoms with Crippen LogP contribution >= 0.6 is 0 Å². The summed E-state index contributed by atoms with van der Waals surface area (Å²) in [6, 6.07) is 16.0. The first-order valence-electron chi connectivity index (χ1n) is 6.86. The normalized spacial score (nSPS) is 10.1. The summed E-state index contributed by atoms with van der Waals surface area (Å²) < 4.78 is 0. The van der Waals surface area contributed by atoms with E-state index in [0.29, 0.717) is 11.3 Å². The van der Waals surface area contributed by atoms with Crippen LogP contribution in [0.5, 0.6) is 0 Å². The van der Waals surface area contributed by atoms with Gasteiger partial charge in [-0.3, -0.25) is 9.63 Å². The van der Waals surface area contributed by atoms with Crippen LogP contribution in [-0.4, -0.2) is 31.0 Å². The van der Waals surface area contributed by atoms with E-state index in [1.165, 1.54) is 14.2 Å². The van der Waals surface area contributed by atoms with Gasteiger partial charge in [-0.15, -0.1) is 0 Å². The second-order valence-corrected chi connectivity index (χ2v) is 4.78. The second-order valence-electron chi connectivity index (χ2n) is 4.78. The molecule has 5 nitrogen and oxygen atoms in total. The van der Waals surface area contributed by atoms with Crippen LogP contribution in [0.3, 0.4) is 0 Å².